The smallest absolute Gasteiger partial charge is 0.311 e. The number of anilines is 3. The minimum Gasteiger partial charge on any atom is -0.481 e. The van der Waals surface area contributed by atoms with Gasteiger partial charge in [0.05, 0.1) is 11.5 Å². The molecule has 8 heteroatoms. The molecule has 1 aliphatic rings. The van der Waals surface area contributed by atoms with Crippen LogP contribution in [0.25, 0.3) is 0 Å². The molecule has 1 unspecified atom stereocenters. The van der Waals surface area contributed by atoms with Gasteiger partial charge in [0.2, 0.25) is 11.9 Å². The van der Waals surface area contributed by atoms with Crippen LogP contribution in [0.1, 0.15) is 17.9 Å². The Morgan fingerprint density at radius 3 is 2.68 bits per heavy atom. The molecule has 3 rings (SSSR count). The van der Waals surface area contributed by atoms with E-state index in [9.17, 15) is 14.4 Å². The molecule has 2 heterocycles. The number of carbonyl (C=O) groups excluding carboxylic acids is 1. The van der Waals surface area contributed by atoms with Crippen molar-refractivity contribution in [1.29, 1.82) is 0 Å². The summed E-state index contributed by atoms with van der Waals surface area (Å²) in [6, 6.07) is 9.00. The number of aromatic amines is 1. The van der Waals surface area contributed by atoms with E-state index in [1.807, 2.05) is 6.07 Å². The Bertz CT molecular complexity index is 800. The van der Waals surface area contributed by atoms with Crippen LogP contribution in [0, 0.1) is 0 Å². The molecule has 0 saturated carbocycles. The highest BCUT2D eigenvalue weighted by atomic mass is 16.4. The lowest BCUT2D eigenvalue weighted by Gasteiger charge is -2.21. The van der Waals surface area contributed by atoms with E-state index in [-0.39, 0.29) is 23.8 Å². The van der Waals surface area contributed by atoms with Gasteiger partial charge in [-0.3, -0.25) is 19.4 Å². The molecule has 1 aromatic heterocycles. The molecule has 0 aliphatic carbocycles. The van der Waals surface area contributed by atoms with Crippen LogP contribution in [0.15, 0.2) is 35.1 Å². The molecule has 1 aliphatic heterocycles. The van der Waals surface area contributed by atoms with Crippen LogP contribution in [0.2, 0.25) is 0 Å². The average molecular weight is 300 g/mol. The monoisotopic (exact) mass is 300 g/mol. The minimum atomic E-state index is -1.23. The summed E-state index contributed by atoms with van der Waals surface area (Å²) in [5.41, 5.74) is 0.0732. The summed E-state index contributed by atoms with van der Waals surface area (Å²) in [4.78, 5) is 41.5. The number of nitrogens with zero attached hydrogens (tertiary/aromatic N) is 1. The summed E-state index contributed by atoms with van der Waals surface area (Å²) < 4.78 is 0. The zero-order valence-corrected chi connectivity index (χ0v) is 11.3. The molecule has 112 valence electrons. The number of H-pyrrole nitrogens is 1. The second-order valence-electron chi connectivity index (χ2n) is 4.81. The zero-order chi connectivity index (χ0) is 15.7. The van der Waals surface area contributed by atoms with Gasteiger partial charge in [-0.15, -0.1) is 0 Å². The minimum absolute atomic E-state index is 0.0224. The van der Waals surface area contributed by atoms with E-state index in [0.717, 1.165) is 0 Å². The van der Waals surface area contributed by atoms with Crippen molar-refractivity contribution in [3.8, 4) is 0 Å². The Hall–Kier alpha value is -3.16. The fourth-order valence-electron chi connectivity index (χ4n) is 2.30. The maximum Gasteiger partial charge on any atom is 0.311 e. The molecule has 1 atom stereocenters. The largest absolute Gasteiger partial charge is 0.481 e. The van der Waals surface area contributed by atoms with Crippen molar-refractivity contribution >= 4 is 29.3 Å². The van der Waals surface area contributed by atoms with Gasteiger partial charge < -0.3 is 15.7 Å². The summed E-state index contributed by atoms with van der Waals surface area (Å²) in [6.45, 7) is 0. The highest BCUT2D eigenvalue weighted by Gasteiger charge is 2.34. The van der Waals surface area contributed by atoms with E-state index in [1.54, 1.807) is 24.3 Å². The first-order valence-electron chi connectivity index (χ1n) is 6.53. The summed E-state index contributed by atoms with van der Waals surface area (Å²) in [5.74, 6) is -2.80. The number of aliphatic carboxylic acids is 1. The van der Waals surface area contributed by atoms with Crippen LogP contribution in [-0.4, -0.2) is 27.0 Å². The number of rotatable bonds is 3. The highest BCUT2D eigenvalue weighted by molar-refractivity contribution is 5.98. The number of aromatic nitrogens is 2. The van der Waals surface area contributed by atoms with Gasteiger partial charge in [-0.1, -0.05) is 18.2 Å². The van der Waals surface area contributed by atoms with Crippen LogP contribution in [0.5, 0.6) is 0 Å². The molecule has 0 bridgehead atoms. The summed E-state index contributed by atoms with van der Waals surface area (Å²) >= 11 is 0. The van der Waals surface area contributed by atoms with Gasteiger partial charge in [-0.2, -0.15) is 4.98 Å². The van der Waals surface area contributed by atoms with Gasteiger partial charge in [0.25, 0.3) is 5.56 Å². The lowest BCUT2D eigenvalue weighted by atomic mass is 9.94. The Morgan fingerprint density at radius 1 is 1.27 bits per heavy atom. The van der Waals surface area contributed by atoms with Crippen molar-refractivity contribution in [1.82, 2.24) is 9.97 Å². The van der Waals surface area contributed by atoms with Crippen LogP contribution >= 0.6 is 0 Å². The number of nitrogens with one attached hydrogen (secondary N) is 3. The van der Waals surface area contributed by atoms with Crippen LogP contribution in [-0.2, 0) is 9.59 Å². The van der Waals surface area contributed by atoms with Crippen molar-refractivity contribution in [2.75, 3.05) is 10.6 Å². The molecule has 4 N–H and O–H groups in total. The lowest BCUT2D eigenvalue weighted by Crippen LogP contribution is -2.34. The Morgan fingerprint density at radius 2 is 2.00 bits per heavy atom. The molecule has 1 aromatic carbocycles. The third kappa shape index (κ3) is 2.53. The maximum absolute atomic E-state index is 12.1. The molecule has 22 heavy (non-hydrogen) atoms. The highest BCUT2D eigenvalue weighted by Crippen LogP contribution is 2.28. The number of benzene rings is 1. The number of carbonyl (C=O) groups is 2. The molecule has 8 nitrogen and oxygen atoms in total. The standard InChI is InChI=1S/C14H12N4O4/c19-9-6-8(13(21)22)10-11(16-9)17-14(18-12(10)20)15-7-4-2-1-3-5-7/h1-5,8H,6H2,(H,21,22)(H3,15,16,17,18,19,20). The SMILES string of the molecule is O=C1CC(C(=O)O)c2c(nc(Nc3ccccc3)[nH]c2=O)N1. The second-order valence-corrected chi connectivity index (χ2v) is 4.81. The Kier molecular flexibility index (Phi) is 3.34. The zero-order valence-electron chi connectivity index (χ0n) is 11.3. The molecule has 0 saturated heterocycles. The van der Waals surface area contributed by atoms with Gasteiger partial charge >= 0.3 is 5.97 Å². The summed E-state index contributed by atoms with van der Waals surface area (Å²) in [6.07, 6.45) is -0.279. The quantitative estimate of drug-likeness (QED) is 0.671. The molecule has 2 aromatic rings. The number of carboxylic acid groups (broad SMARTS) is 1. The van der Waals surface area contributed by atoms with Gasteiger partial charge in [0.1, 0.15) is 5.82 Å². The first kappa shape index (κ1) is 13.8. The van der Waals surface area contributed by atoms with Crippen molar-refractivity contribution in [3.05, 3.63) is 46.2 Å². The molecule has 0 spiro atoms. The number of fused-ring (bicyclic) bond motifs is 1. The van der Waals surface area contributed by atoms with E-state index in [1.165, 1.54) is 0 Å². The Labute approximate surface area is 124 Å². The van der Waals surface area contributed by atoms with Gasteiger partial charge in [-0.05, 0) is 12.1 Å². The molecular weight excluding hydrogens is 288 g/mol. The van der Waals surface area contributed by atoms with Crippen molar-refractivity contribution in [3.63, 3.8) is 0 Å². The average Bonchev–Trinajstić information content (AvgIpc) is 2.46. The summed E-state index contributed by atoms with van der Waals surface area (Å²) in [5, 5.41) is 14.5. The predicted octanol–water partition coefficient (Wildman–Crippen LogP) is 1.02. The number of hydrogen-bond acceptors (Lipinski definition) is 5. The fourth-order valence-corrected chi connectivity index (χ4v) is 2.30. The lowest BCUT2D eigenvalue weighted by molar-refractivity contribution is -0.140. The van der Waals surface area contributed by atoms with Gasteiger partial charge in [-0.25, -0.2) is 0 Å². The van der Waals surface area contributed by atoms with Crippen LogP contribution in [0.3, 0.4) is 0 Å². The molecule has 1 amide bonds. The normalized spacial score (nSPS) is 16.5. The first-order chi connectivity index (χ1) is 10.5. The van der Waals surface area contributed by atoms with Gasteiger partial charge in [0, 0.05) is 12.1 Å². The topological polar surface area (TPSA) is 124 Å². The predicted molar refractivity (Wildman–Crippen MR) is 78.2 cm³/mol. The number of carboxylic acids is 1. The van der Waals surface area contributed by atoms with E-state index in [0.29, 0.717) is 5.69 Å². The first-order valence-corrected chi connectivity index (χ1v) is 6.53. The molecule has 0 fully saturated rings. The van der Waals surface area contributed by atoms with Gasteiger partial charge in [0.15, 0.2) is 0 Å². The van der Waals surface area contributed by atoms with Crippen molar-refractivity contribution in [2.24, 2.45) is 0 Å². The second kappa shape index (κ2) is 5.32. The van der Waals surface area contributed by atoms with Crippen LogP contribution < -0.4 is 16.2 Å². The number of amides is 1. The number of hydrogen-bond donors (Lipinski definition) is 4. The number of para-hydroxylation sites is 1. The van der Waals surface area contributed by atoms with E-state index >= 15 is 0 Å². The third-order valence-corrected chi connectivity index (χ3v) is 3.29. The molecule has 0 radical (unpaired) electrons. The van der Waals surface area contributed by atoms with E-state index < -0.39 is 23.4 Å². The van der Waals surface area contributed by atoms with Crippen LogP contribution in [0.4, 0.5) is 17.5 Å². The molecular formula is C14H12N4O4. The van der Waals surface area contributed by atoms with Crippen molar-refractivity contribution < 1.29 is 14.7 Å². The fraction of sp³-hybridized carbons (Fsp3) is 0.143. The van der Waals surface area contributed by atoms with E-state index in [4.69, 9.17) is 5.11 Å². The third-order valence-electron chi connectivity index (χ3n) is 3.29. The summed E-state index contributed by atoms with van der Waals surface area (Å²) in [7, 11) is 0. The van der Waals surface area contributed by atoms with E-state index in [2.05, 4.69) is 20.6 Å². The maximum atomic E-state index is 12.1. The van der Waals surface area contributed by atoms with Crippen molar-refractivity contribution in [2.45, 2.75) is 12.3 Å². The Balaban J connectivity index is 2.02.